The zero-order valence-corrected chi connectivity index (χ0v) is 24.0. The highest BCUT2D eigenvalue weighted by atomic mass is 32.2. The van der Waals surface area contributed by atoms with Crippen molar-refractivity contribution in [2.45, 2.75) is 25.2 Å². The number of hydrogen-bond acceptors (Lipinski definition) is 12. The number of aliphatic hydroxyl groups excluding tert-OH is 1. The van der Waals surface area contributed by atoms with Gasteiger partial charge in [0.1, 0.15) is 34.2 Å². The Morgan fingerprint density at radius 1 is 0.976 bits per heavy atom. The molecule has 0 spiro atoms. The van der Waals surface area contributed by atoms with Crippen LogP contribution in [0, 0.1) is 6.92 Å². The van der Waals surface area contributed by atoms with Gasteiger partial charge in [0.25, 0.3) is 0 Å². The first-order valence-electron chi connectivity index (χ1n) is 12.4. The molecule has 1 aromatic carbocycles. The topological polar surface area (TPSA) is 173 Å². The van der Waals surface area contributed by atoms with E-state index in [0.29, 0.717) is 28.8 Å². The Balaban J connectivity index is 1.84. The summed E-state index contributed by atoms with van der Waals surface area (Å²) >= 11 is 0. The van der Waals surface area contributed by atoms with E-state index in [9.17, 15) is 13.5 Å². The highest BCUT2D eigenvalue weighted by molar-refractivity contribution is 7.93. The molecule has 0 aliphatic rings. The Labute approximate surface area is 237 Å². The predicted molar refractivity (Wildman–Crippen MR) is 149 cm³/mol. The molecule has 2 unspecified atom stereocenters. The molecule has 3 aromatic heterocycles. The summed E-state index contributed by atoms with van der Waals surface area (Å²) in [5.74, 6) is 1.22. The largest absolute Gasteiger partial charge is 0.494 e. The first kappa shape index (κ1) is 29.6. The Kier molecular flexibility index (Phi) is 9.31. The Morgan fingerprint density at radius 2 is 1.63 bits per heavy atom. The number of aryl methyl sites for hydroxylation is 1. The van der Waals surface area contributed by atoms with Crippen LogP contribution in [0.4, 0.5) is 5.95 Å². The summed E-state index contributed by atoms with van der Waals surface area (Å²) in [4.78, 5) is 12.9. The van der Waals surface area contributed by atoms with Gasteiger partial charge in [-0.15, -0.1) is 10.2 Å². The van der Waals surface area contributed by atoms with Gasteiger partial charge in [0, 0.05) is 18.5 Å². The van der Waals surface area contributed by atoms with Crippen LogP contribution in [0.15, 0.2) is 48.8 Å². The van der Waals surface area contributed by atoms with Crippen molar-refractivity contribution >= 4 is 16.0 Å². The van der Waals surface area contributed by atoms with E-state index in [1.54, 1.807) is 48.8 Å². The smallest absolute Gasteiger partial charge is 0.243 e. The first-order valence-corrected chi connectivity index (χ1v) is 14.0. The van der Waals surface area contributed by atoms with Gasteiger partial charge in [-0.05, 0) is 37.6 Å². The van der Waals surface area contributed by atoms with Gasteiger partial charge in [0.05, 0.1) is 34.5 Å². The summed E-state index contributed by atoms with van der Waals surface area (Å²) in [6.45, 7) is 2.81. The van der Waals surface area contributed by atoms with Gasteiger partial charge in [-0.3, -0.25) is 9.29 Å². The summed E-state index contributed by atoms with van der Waals surface area (Å²) in [7, 11) is 0.191. The molecule has 0 amide bonds. The molecule has 3 heterocycles. The number of benzene rings is 1. The molecule has 0 saturated carbocycles. The van der Waals surface area contributed by atoms with Crippen molar-refractivity contribution in [1.29, 1.82) is 0 Å². The Morgan fingerprint density at radius 3 is 2.24 bits per heavy atom. The minimum atomic E-state index is -4.24. The number of rotatable bonds is 13. The molecular formula is C26H31N7O7S. The fourth-order valence-corrected chi connectivity index (χ4v) is 5.06. The maximum absolute atomic E-state index is 13.8. The van der Waals surface area contributed by atoms with Gasteiger partial charge in [-0.2, -0.15) is 0 Å². The predicted octanol–water partition coefficient (Wildman–Crippen LogP) is 2.33. The van der Waals surface area contributed by atoms with Crippen molar-refractivity contribution in [3.8, 4) is 34.6 Å². The number of ether oxygens (including phenoxy) is 4. The van der Waals surface area contributed by atoms with Crippen LogP contribution in [0.3, 0.4) is 0 Å². The number of pyridine rings is 1. The number of aliphatic hydroxyl groups is 1. The zero-order chi connectivity index (χ0) is 29.6. The van der Waals surface area contributed by atoms with Crippen LogP contribution < -0.4 is 18.9 Å². The van der Waals surface area contributed by atoms with E-state index in [4.69, 9.17) is 18.9 Å². The van der Waals surface area contributed by atoms with Crippen molar-refractivity contribution in [3.63, 3.8) is 0 Å². The van der Waals surface area contributed by atoms with E-state index in [0.717, 1.165) is 5.56 Å². The first-order chi connectivity index (χ1) is 19.7. The van der Waals surface area contributed by atoms with Gasteiger partial charge in [-0.25, -0.2) is 23.4 Å². The number of nitrogens with zero attached hydrogens (tertiary/aromatic N) is 6. The van der Waals surface area contributed by atoms with E-state index in [-0.39, 0.29) is 30.8 Å². The standard InChI is InChI=1S/C26H31N7O7S/c1-16-14-27-24(28-15-16)23(40-13-12-34)17(2)41(35,36)32-26-31-30-25(18-8-6-11-21(29-18)39-5)33(26)22-19(37-3)9-7-10-20(22)38-4/h6-11,14-15,17,23,34H,12-13H2,1-5H3,(H,31,32). The fraction of sp³-hybridized carbons (Fsp3) is 0.346. The SMILES string of the molecule is COc1cccc(-c2nnc(NS(=O)(=O)C(C)C(OCCO)c3ncc(C)cn3)n2-c2c(OC)cccc2OC)n1. The number of anilines is 1. The summed E-state index contributed by atoms with van der Waals surface area (Å²) in [6.07, 6.45) is 2.02. The van der Waals surface area contributed by atoms with Crippen LogP contribution >= 0.6 is 0 Å². The average Bonchev–Trinajstić information content (AvgIpc) is 3.39. The van der Waals surface area contributed by atoms with Crippen LogP contribution in [-0.2, 0) is 14.8 Å². The van der Waals surface area contributed by atoms with Crippen LogP contribution in [0.25, 0.3) is 17.2 Å². The molecule has 14 nitrogen and oxygen atoms in total. The van der Waals surface area contributed by atoms with Crippen LogP contribution in [0.2, 0.25) is 0 Å². The fourth-order valence-electron chi connectivity index (χ4n) is 3.97. The zero-order valence-electron chi connectivity index (χ0n) is 23.2. The lowest BCUT2D eigenvalue weighted by molar-refractivity contribution is 0.0227. The van der Waals surface area contributed by atoms with Gasteiger partial charge >= 0.3 is 0 Å². The van der Waals surface area contributed by atoms with Gasteiger partial charge in [0.15, 0.2) is 11.6 Å². The molecule has 0 bridgehead atoms. The second-order valence-electron chi connectivity index (χ2n) is 8.74. The molecule has 2 atom stereocenters. The van der Waals surface area contributed by atoms with Crippen LogP contribution in [0.5, 0.6) is 17.4 Å². The summed E-state index contributed by atoms with van der Waals surface area (Å²) in [5, 5.41) is 16.6. The molecule has 2 N–H and O–H groups in total. The summed E-state index contributed by atoms with van der Waals surface area (Å²) < 4.78 is 53.7. The molecule has 41 heavy (non-hydrogen) atoms. The third kappa shape index (κ3) is 6.37. The number of hydrogen-bond donors (Lipinski definition) is 2. The maximum Gasteiger partial charge on any atom is 0.243 e. The van der Waals surface area contributed by atoms with E-state index in [1.807, 2.05) is 6.92 Å². The van der Waals surface area contributed by atoms with E-state index < -0.39 is 21.4 Å². The quantitative estimate of drug-likeness (QED) is 0.235. The van der Waals surface area contributed by atoms with Gasteiger partial charge < -0.3 is 24.1 Å². The van der Waals surface area contributed by atoms with E-state index in [1.165, 1.54) is 32.8 Å². The van der Waals surface area contributed by atoms with Crippen molar-refractivity contribution in [2.75, 3.05) is 39.3 Å². The second kappa shape index (κ2) is 12.9. The molecule has 4 rings (SSSR count). The molecule has 0 fully saturated rings. The molecule has 0 aliphatic heterocycles. The molecule has 0 radical (unpaired) electrons. The van der Waals surface area contributed by atoms with Crippen molar-refractivity contribution < 1.29 is 32.5 Å². The number of sulfonamides is 1. The number of nitrogens with one attached hydrogen (secondary N) is 1. The molecule has 4 aromatic rings. The molecule has 0 aliphatic carbocycles. The lowest BCUT2D eigenvalue weighted by Crippen LogP contribution is -2.34. The van der Waals surface area contributed by atoms with Crippen molar-refractivity contribution in [3.05, 3.63) is 60.2 Å². The molecular weight excluding hydrogens is 554 g/mol. The maximum atomic E-state index is 13.8. The number of para-hydroxylation sites is 1. The second-order valence-corrected chi connectivity index (χ2v) is 10.8. The molecule has 218 valence electrons. The molecule has 15 heteroatoms. The lowest BCUT2D eigenvalue weighted by atomic mass is 10.2. The highest BCUT2D eigenvalue weighted by Crippen LogP contribution is 2.38. The third-order valence-electron chi connectivity index (χ3n) is 6.04. The van der Waals surface area contributed by atoms with Crippen molar-refractivity contribution in [2.24, 2.45) is 0 Å². The Hall–Kier alpha value is -4.34. The normalized spacial score (nSPS) is 12.9. The van der Waals surface area contributed by atoms with Crippen LogP contribution in [-0.4, -0.2) is 83.0 Å². The van der Waals surface area contributed by atoms with Crippen LogP contribution in [0.1, 0.15) is 24.4 Å². The minimum absolute atomic E-state index is 0.123. The molecule has 0 saturated heterocycles. The summed E-state index contributed by atoms with van der Waals surface area (Å²) in [5.41, 5.74) is 1.48. The van der Waals surface area contributed by atoms with E-state index in [2.05, 4.69) is 29.9 Å². The average molecular weight is 586 g/mol. The third-order valence-corrected chi connectivity index (χ3v) is 7.74. The Bertz CT molecular complexity index is 1560. The lowest BCUT2D eigenvalue weighted by Gasteiger charge is -2.24. The minimum Gasteiger partial charge on any atom is -0.494 e. The monoisotopic (exact) mass is 585 g/mol. The van der Waals surface area contributed by atoms with Gasteiger partial charge in [-0.1, -0.05) is 12.1 Å². The number of methoxy groups -OCH3 is 3. The van der Waals surface area contributed by atoms with Gasteiger partial charge in [0.2, 0.25) is 21.9 Å². The highest BCUT2D eigenvalue weighted by Gasteiger charge is 2.35. The van der Waals surface area contributed by atoms with Crippen molar-refractivity contribution in [1.82, 2.24) is 29.7 Å². The van der Waals surface area contributed by atoms with E-state index >= 15 is 0 Å². The summed E-state index contributed by atoms with van der Waals surface area (Å²) in [6, 6.07) is 10.2. The number of aromatic nitrogens is 6.